The third-order valence-electron chi connectivity index (χ3n) is 3.00. The summed E-state index contributed by atoms with van der Waals surface area (Å²) in [6, 6.07) is 3.36. The summed E-state index contributed by atoms with van der Waals surface area (Å²) < 4.78 is 5.44. The number of aliphatic hydroxyl groups is 1. The van der Waals surface area contributed by atoms with Crippen LogP contribution in [0, 0.1) is 0 Å². The highest BCUT2D eigenvalue weighted by atomic mass is 16.5. The molecule has 0 spiro atoms. The summed E-state index contributed by atoms with van der Waals surface area (Å²) in [6.07, 6.45) is 1.12. The van der Waals surface area contributed by atoms with Crippen LogP contribution >= 0.6 is 0 Å². The van der Waals surface area contributed by atoms with Crippen molar-refractivity contribution >= 4 is 11.8 Å². The average Bonchev–Trinajstić information content (AvgIpc) is 2.39. The summed E-state index contributed by atoms with van der Waals surface area (Å²) in [7, 11) is 0. The lowest BCUT2D eigenvalue weighted by Crippen LogP contribution is -2.49. The highest BCUT2D eigenvalue weighted by molar-refractivity contribution is 5.87. The van der Waals surface area contributed by atoms with Gasteiger partial charge in [0, 0.05) is 12.7 Å². The van der Waals surface area contributed by atoms with Gasteiger partial charge in [0.2, 0.25) is 0 Å². The predicted octanol–water partition coefficient (Wildman–Crippen LogP) is 0.366. The topological polar surface area (TPSA) is 82.9 Å². The molecule has 1 aliphatic rings. The molecule has 1 aliphatic heterocycles. The van der Waals surface area contributed by atoms with Crippen LogP contribution in [-0.4, -0.2) is 53.1 Å². The van der Waals surface area contributed by atoms with Gasteiger partial charge in [-0.3, -0.25) is 0 Å². The number of aromatic carboxylic acids is 1. The van der Waals surface area contributed by atoms with Gasteiger partial charge in [0.1, 0.15) is 5.82 Å². The second-order valence-electron chi connectivity index (χ2n) is 4.35. The molecule has 2 N–H and O–H groups in total. The summed E-state index contributed by atoms with van der Waals surface area (Å²) in [6.45, 7) is 3.04. The van der Waals surface area contributed by atoms with Gasteiger partial charge in [0.25, 0.3) is 0 Å². The number of morpholine rings is 1. The zero-order chi connectivity index (χ0) is 13.1. The van der Waals surface area contributed by atoms with Crippen LogP contribution in [0.2, 0.25) is 0 Å². The first kappa shape index (κ1) is 12.8. The predicted molar refractivity (Wildman–Crippen MR) is 64.8 cm³/mol. The van der Waals surface area contributed by atoms with Crippen molar-refractivity contribution in [3.05, 3.63) is 23.9 Å². The zero-order valence-electron chi connectivity index (χ0n) is 10.1. The number of nitrogens with zero attached hydrogens (tertiary/aromatic N) is 2. The first-order valence-electron chi connectivity index (χ1n) is 5.80. The second kappa shape index (κ2) is 5.32. The Kier molecular flexibility index (Phi) is 3.78. The number of pyridine rings is 1. The number of carbonyl (C=O) groups is 1. The van der Waals surface area contributed by atoms with E-state index in [1.807, 2.05) is 11.8 Å². The molecule has 2 heterocycles. The lowest BCUT2D eigenvalue weighted by Gasteiger charge is -2.38. The van der Waals surface area contributed by atoms with E-state index in [2.05, 4.69) is 4.98 Å². The molecule has 2 atom stereocenters. The van der Waals surface area contributed by atoms with Crippen LogP contribution in [0.1, 0.15) is 17.3 Å². The van der Waals surface area contributed by atoms with Gasteiger partial charge in [-0.05, 0) is 19.1 Å². The maximum atomic E-state index is 10.7. The number of aliphatic hydroxyl groups excluding tert-OH is 1. The molecule has 0 radical (unpaired) electrons. The summed E-state index contributed by atoms with van der Waals surface area (Å²) in [5.41, 5.74) is 0.165. The summed E-state index contributed by atoms with van der Waals surface area (Å²) in [5, 5.41) is 17.9. The molecule has 6 nitrogen and oxygen atoms in total. The minimum Gasteiger partial charge on any atom is -0.478 e. The molecule has 1 aromatic rings. The van der Waals surface area contributed by atoms with Crippen LogP contribution in [0.25, 0.3) is 0 Å². The molecule has 98 valence electrons. The second-order valence-corrected chi connectivity index (χ2v) is 4.35. The molecule has 0 aromatic carbocycles. The lowest BCUT2D eigenvalue weighted by molar-refractivity contribution is -0.0105. The number of anilines is 1. The fourth-order valence-corrected chi connectivity index (χ4v) is 1.93. The van der Waals surface area contributed by atoms with E-state index in [-0.39, 0.29) is 24.3 Å². The van der Waals surface area contributed by atoms with Gasteiger partial charge < -0.3 is 19.8 Å². The molecule has 1 saturated heterocycles. The number of ether oxygens (including phenoxy) is 1. The highest BCUT2D eigenvalue weighted by Crippen LogP contribution is 2.19. The van der Waals surface area contributed by atoms with Gasteiger partial charge in [-0.15, -0.1) is 0 Å². The number of hydrogen-bond acceptors (Lipinski definition) is 5. The third kappa shape index (κ3) is 2.60. The maximum Gasteiger partial charge on any atom is 0.337 e. The Morgan fingerprint density at radius 2 is 2.39 bits per heavy atom. The van der Waals surface area contributed by atoms with Crippen molar-refractivity contribution in [1.82, 2.24) is 4.98 Å². The monoisotopic (exact) mass is 252 g/mol. The van der Waals surface area contributed by atoms with Crippen molar-refractivity contribution in [3.8, 4) is 0 Å². The molecular weight excluding hydrogens is 236 g/mol. The quantitative estimate of drug-likeness (QED) is 0.808. The van der Waals surface area contributed by atoms with Gasteiger partial charge in [0.05, 0.1) is 30.9 Å². The smallest absolute Gasteiger partial charge is 0.337 e. The Labute approximate surface area is 105 Å². The van der Waals surface area contributed by atoms with Crippen LogP contribution in [0.3, 0.4) is 0 Å². The minimum absolute atomic E-state index is 0.0313. The Balaban J connectivity index is 2.16. The first-order valence-corrected chi connectivity index (χ1v) is 5.80. The molecule has 0 amide bonds. The first-order chi connectivity index (χ1) is 8.61. The number of carboxylic acid groups (broad SMARTS) is 1. The molecule has 0 aliphatic carbocycles. The van der Waals surface area contributed by atoms with Crippen LogP contribution in [0.15, 0.2) is 18.3 Å². The van der Waals surface area contributed by atoms with E-state index in [9.17, 15) is 4.79 Å². The summed E-state index contributed by atoms with van der Waals surface area (Å²) in [5.74, 6) is -0.286. The Hall–Kier alpha value is -1.66. The van der Waals surface area contributed by atoms with Crippen molar-refractivity contribution in [1.29, 1.82) is 0 Å². The number of rotatable bonds is 3. The molecular formula is C12H16N2O4. The zero-order valence-corrected chi connectivity index (χ0v) is 10.1. The van der Waals surface area contributed by atoms with E-state index in [1.54, 1.807) is 6.07 Å². The molecule has 1 aromatic heterocycles. The van der Waals surface area contributed by atoms with E-state index in [4.69, 9.17) is 14.9 Å². The Morgan fingerprint density at radius 3 is 2.94 bits per heavy atom. The molecule has 2 rings (SSSR count). The van der Waals surface area contributed by atoms with Gasteiger partial charge in [-0.1, -0.05) is 0 Å². The molecule has 0 saturated carbocycles. The van der Waals surface area contributed by atoms with E-state index in [0.717, 1.165) is 0 Å². The van der Waals surface area contributed by atoms with Crippen molar-refractivity contribution in [2.45, 2.75) is 19.1 Å². The fraction of sp³-hybridized carbons (Fsp3) is 0.500. The minimum atomic E-state index is -0.989. The SMILES string of the molecule is CC1COC(CO)CN1c1ccc(C(=O)O)cn1. The molecule has 2 unspecified atom stereocenters. The van der Waals surface area contributed by atoms with Gasteiger partial charge in [-0.2, -0.15) is 0 Å². The standard InChI is InChI=1S/C12H16N2O4/c1-8-7-18-10(6-15)5-14(8)11-3-2-9(4-13-11)12(16)17/h2-4,8,10,15H,5-7H2,1H3,(H,16,17). The van der Waals surface area contributed by atoms with Crippen LogP contribution in [-0.2, 0) is 4.74 Å². The van der Waals surface area contributed by atoms with E-state index >= 15 is 0 Å². The van der Waals surface area contributed by atoms with E-state index < -0.39 is 5.97 Å². The van der Waals surface area contributed by atoms with Gasteiger partial charge >= 0.3 is 5.97 Å². The van der Waals surface area contributed by atoms with Crippen molar-refractivity contribution < 1.29 is 19.7 Å². The molecule has 1 fully saturated rings. The molecule has 0 bridgehead atoms. The molecule has 18 heavy (non-hydrogen) atoms. The fourth-order valence-electron chi connectivity index (χ4n) is 1.93. The average molecular weight is 252 g/mol. The van der Waals surface area contributed by atoms with E-state index in [0.29, 0.717) is 19.0 Å². The maximum absolute atomic E-state index is 10.7. The van der Waals surface area contributed by atoms with Crippen molar-refractivity contribution in [2.24, 2.45) is 0 Å². The Morgan fingerprint density at radius 1 is 1.61 bits per heavy atom. The largest absolute Gasteiger partial charge is 0.478 e. The van der Waals surface area contributed by atoms with Crippen molar-refractivity contribution in [3.63, 3.8) is 0 Å². The van der Waals surface area contributed by atoms with Gasteiger partial charge in [-0.25, -0.2) is 9.78 Å². The van der Waals surface area contributed by atoms with Gasteiger partial charge in [0.15, 0.2) is 0 Å². The van der Waals surface area contributed by atoms with E-state index in [1.165, 1.54) is 12.3 Å². The van der Waals surface area contributed by atoms with Crippen LogP contribution < -0.4 is 4.90 Å². The number of aromatic nitrogens is 1. The van der Waals surface area contributed by atoms with Crippen LogP contribution in [0.4, 0.5) is 5.82 Å². The Bertz CT molecular complexity index is 421. The number of carboxylic acids is 1. The van der Waals surface area contributed by atoms with Crippen molar-refractivity contribution in [2.75, 3.05) is 24.7 Å². The third-order valence-corrected chi connectivity index (χ3v) is 3.00. The summed E-state index contributed by atoms with van der Waals surface area (Å²) >= 11 is 0. The normalized spacial score (nSPS) is 24.0. The van der Waals surface area contributed by atoms with Crippen LogP contribution in [0.5, 0.6) is 0 Å². The lowest BCUT2D eigenvalue weighted by atomic mass is 10.2. The highest BCUT2D eigenvalue weighted by Gasteiger charge is 2.26. The molecule has 6 heteroatoms. The summed E-state index contributed by atoms with van der Waals surface area (Å²) in [4.78, 5) is 16.9. The number of hydrogen-bond donors (Lipinski definition) is 2.